The number of piperidine rings is 1. The maximum Gasteiger partial charge on any atom is 0.280 e. The van der Waals surface area contributed by atoms with Gasteiger partial charge in [0.15, 0.2) is 0 Å². The molecule has 0 saturated carbocycles. The number of nitrogens with zero attached hydrogens (tertiary/aromatic N) is 6. The van der Waals surface area contributed by atoms with Crippen molar-refractivity contribution in [1.82, 2.24) is 24.5 Å². The highest BCUT2D eigenvalue weighted by atomic mass is 19.3. The fourth-order valence-corrected chi connectivity index (χ4v) is 4.02. The lowest BCUT2D eigenvalue weighted by Gasteiger charge is -2.37. The first-order chi connectivity index (χ1) is 14.4. The summed E-state index contributed by atoms with van der Waals surface area (Å²) in [5.74, 6) is -0.102. The van der Waals surface area contributed by atoms with Gasteiger partial charge < -0.3 is 4.90 Å². The van der Waals surface area contributed by atoms with Gasteiger partial charge in [-0.05, 0) is 49.1 Å². The zero-order valence-electron chi connectivity index (χ0n) is 16.6. The zero-order chi connectivity index (χ0) is 21.4. The highest BCUT2D eigenvalue weighted by Gasteiger charge is 2.33. The molecule has 0 N–H and O–H groups in total. The molecule has 0 aliphatic carbocycles. The van der Waals surface area contributed by atoms with Gasteiger partial charge >= 0.3 is 0 Å². The monoisotopic (exact) mass is 410 g/mol. The predicted octanol–water partition coefficient (Wildman–Crippen LogP) is 3.51. The fourth-order valence-electron chi connectivity index (χ4n) is 4.02. The van der Waals surface area contributed by atoms with Crippen LogP contribution in [0.15, 0.2) is 30.6 Å². The number of aromatic nitrogens is 4. The Labute approximate surface area is 172 Å². The second-order valence-electron chi connectivity index (χ2n) is 7.70. The molecule has 7 nitrogen and oxygen atoms in total. The summed E-state index contributed by atoms with van der Waals surface area (Å²) in [5, 5.41) is 13.3. The van der Waals surface area contributed by atoms with Crippen LogP contribution >= 0.6 is 0 Å². The van der Waals surface area contributed by atoms with Crippen molar-refractivity contribution in [3.63, 3.8) is 0 Å². The second kappa shape index (κ2) is 7.78. The summed E-state index contributed by atoms with van der Waals surface area (Å²) >= 11 is 0. The number of nitriles is 1. The van der Waals surface area contributed by atoms with Crippen molar-refractivity contribution in [3.8, 4) is 6.07 Å². The minimum Gasteiger partial charge on any atom is -0.338 e. The highest BCUT2D eigenvalue weighted by Crippen LogP contribution is 2.34. The van der Waals surface area contributed by atoms with Crippen LogP contribution in [-0.2, 0) is 0 Å². The largest absolute Gasteiger partial charge is 0.338 e. The van der Waals surface area contributed by atoms with Crippen molar-refractivity contribution in [2.75, 3.05) is 13.1 Å². The number of carbonyl (C=O) groups is 1. The average molecular weight is 410 g/mol. The lowest BCUT2D eigenvalue weighted by Crippen LogP contribution is -2.42. The summed E-state index contributed by atoms with van der Waals surface area (Å²) in [7, 11) is 0. The number of likely N-dealkylation sites (tertiary alicyclic amines) is 1. The number of halogens is 2. The average Bonchev–Trinajstić information content (AvgIpc) is 3.21. The third kappa shape index (κ3) is 3.61. The van der Waals surface area contributed by atoms with Crippen molar-refractivity contribution in [1.29, 1.82) is 5.26 Å². The van der Waals surface area contributed by atoms with E-state index in [2.05, 4.69) is 21.1 Å². The summed E-state index contributed by atoms with van der Waals surface area (Å²) in [4.78, 5) is 22.7. The number of carbonyl (C=O) groups excluding carboxylic acids is 1. The molecule has 2 aromatic heterocycles. The lowest BCUT2D eigenvalue weighted by molar-refractivity contribution is 0.0665. The molecular formula is C21H20F2N6O. The first-order valence-corrected chi connectivity index (χ1v) is 9.67. The Morgan fingerprint density at radius 3 is 2.83 bits per heavy atom. The van der Waals surface area contributed by atoms with E-state index >= 15 is 0 Å². The van der Waals surface area contributed by atoms with Crippen LogP contribution in [0, 0.1) is 24.2 Å². The molecule has 0 unspecified atom stereocenters. The van der Waals surface area contributed by atoms with Gasteiger partial charge in [-0.15, -0.1) is 0 Å². The smallest absolute Gasteiger partial charge is 0.280 e. The normalized spacial score (nSPS) is 19.3. The molecule has 30 heavy (non-hydrogen) atoms. The molecule has 2 atom stereocenters. The third-order valence-corrected chi connectivity index (χ3v) is 5.60. The zero-order valence-corrected chi connectivity index (χ0v) is 16.6. The van der Waals surface area contributed by atoms with E-state index in [0.29, 0.717) is 29.9 Å². The van der Waals surface area contributed by atoms with Gasteiger partial charge in [0.1, 0.15) is 12.0 Å². The number of benzene rings is 1. The van der Waals surface area contributed by atoms with Gasteiger partial charge in [-0.2, -0.15) is 15.3 Å². The number of hydrogen-bond donors (Lipinski definition) is 0. The summed E-state index contributed by atoms with van der Waals surface area (Å²) in [5.41, 5.74) is 1.94. The summed E-state index contributed by atoms with van der Waals surface area (Å²) in [6, 6.07) is 8.50. The predicted molar refractivity (Wildman–Crippen MR) is 104 cm³/mol. The Bertz CT molecular complexity index is 1150. The van der Waals surface area contributed by atoms with E-state index in [1.807, 2.05) is 13.8 Å². The van der Waals surface area contributed by atoms with Crippen LogP contribution in [0.3, 0.4) is 0 Å². The van der Waals surface area contributed by atoms with Gasteiger partial charge in [0, 0.05) is 24.6 Å². The van der Waals surface area contributed by atoms with Crippen molar-refractivity contribution in [2.24, 2.45) is 5.92 Å². The van der Waals surface area contributed by atoms with Gasteiger partial charge in [-0.1, -0.05) is 6.92 Å². The quantitative estimate of drug-likeness (QED) is 0.659. The molecule has 1 aromatic carbocycles. The van der Waals surface area contributed by atoms with Gasteiger partial charge in [0.05, 0.1) is 17.3 Å². The number of aryl methyl sites for hydroxylation is 1. The summed E-state index contributed by atoms with van der Waals surface area (Å²) < 4.78 is 28.2. The minimum absolute atomic E-state index is 0.121. The standard InChI is InChI=1S/C21H20F2N6O/c1-12-5-14(9-24)7-15(6-12)20(30)28-4-3-13(2)16(10-28)18-8-17(19(22)23)27-21-25-11-26-29(18)21/h5-8,11,13,16,19H,3-4,10H2,1-2H3/t13-,16-/m1/s1. The number of hydrogen-bond acceptors (Lipinski definition) is 5. The van der Waals surface area contributed by atoms with Gasteiger partial charge in [0.25, 0.3) is 18.1 Å². The van der Waals surface area contributed by atoms with Gasteiger partial charge in [-0.25, -0.2) is 18.3 Å². The Morgan fingerprint density at radius 1 is 1.30 bits per heavy atom. The van der Waals surface area contributed by atoms with E-state index in [9.17, 15) is 18.8 Å². The van der Waals surface area contributed by atoms with E-state index in [-0.39, 0.29) is 29.2 Å². The van der Waals surface area contributed by atoms with E-state index in [4.69, 9.17) is 0 Å². The highest BCUT2D eigenvalue weighted by molar-refractivity contribution is 5.95. The number of amides is 1. The Balaban J connectivity index is 1.69. The van der Waals surface area contributed by atoms with Crippen LogP contribution in [0.25, 0.3) is 5.78 Å². The molecule has 0 bridgehead atoms. The van der Waals surface area contributed by atoms with Crippen molar-refractivity contribution >= 4 is 11.7 Å². The number of alkyl halides is 2. The molecule has 9 heteroatoms. The minimum atomic E-state index is -2.72. The van der Waals surface area contributed by atoms with Gasteiger partial charge in [0.2, 0.25) is 0 Å². The molecule has 1 aliphatic rings. The van der Waals surface area contributed by atoms with Crippen LogP contribution in [-0.4, -0.2) is 43.5 Å². The lowest BCUT2D eigenvalue weighted by atomic mass is 9.84. The van der Waals surface area contributed by atoms with Crippen LogP contribution in [0.1, 0.15) is 58.6 Å². The molecule has 0 radical (unpaired) electrons. The van der Waals surface area contributed by atoms with Crippen molar-refractivity contribution in [3.05, 3.63) is 58.7 Å². The Hall–Kier alpha value is -3.41. The van der Waals surface area contributed by atoms with Crippen LogP contribution in [0.5, 0.6) is 0 Å². The molecule has 0 spiro atoms. The fraction of sp³-hybridized carbons (Fsp3) is 0.381. The van der Waals surface area contributed by atoms with E-state index in [1.165, 1.54) is 16.9 Å². The molecule has 3 heterocycles. The molecule has 1 amide bonds. The second-order valence-corrected chi connectivity index (χ2v) is 7.70. The van der Waals surface area contributed by atoms with E-state index in [0.717, 1.165) is 12.0 Å². The Kier molecular flexibility index (Phi) is 5.16. The van der Waals surface area contributed by atoms with Crippen LogP contribution in [0.4, 0.5) is 8.78 Å². The molecule has 1 fully saturated rings. The maximum absolute atomic E-state index is 13.4. The van der Waals surface area contributed by atoms with Crippen molar-refractivity contribution in [2.45, 2.75) is 32.6 Å². The van der Waals surface area contributed by atoms with Crippen molar-refractivity contribution < 1.29 is 13.6 Å². The third-order valence-electron chi connectivity index (χ3n) is 5.60. The Morgan fingerprint density at radius 2 is 2.10 bits per heavy atom. The first-order valence-electron chi connectivity index (χ1n) is 9.67. The van der Waals surface area contributed by atoms with Crippen LogP contribution in [0.2, 0.25) is 0 Å². The molecule has 4 rings (SSSR count). The number of rotatable bonds is 3. The summed E-state index contributed by atoms with van der Waals surface area (Å²) in [6.07, 6.45) is -0.720. The maximum atomic E-state index is 13.4. The number of fused-ring (bicyclic) bond motifs is 1. The molecule has 154 valence electrons. The van der Waals surface area contributed by atoms with E-state index in [1.54, 1.807) is 23.1 Å². The van der Waals surface area contributed by atoms with E-state index < -0.39 is 6.43 Å². The van der Waals surface area contributed by atoms with Crippen LogP contribution < -0.4 is 0 Å². The SMILES string of the molecule is Cc1cc(C#N)cc(C(=O)N2CC[C@@H](C)[C@H](c3cc(C(F)F)nc4ncnn34)C2)c1. The topological polar surface area (TPSA) is 87.2 Å². The molecule has 1 saturated heterocycles. The molecular weight excluding hydrogens is 390 g/mol. The van der Waals surface area contributed by atoms with Gasteiger partial charge in [-0.3, -0.25) is 4.79 Å². The summed E-state index contributed by atoms with van der Waals surface area (Å²) in [6.45, 7) is 4.79. The first kappa shape index (κ1) is 19.9. The molecule has 3 aromatic rings. The molecule has 1 aliphatic heterocycles.